The van der Waals surface area contributed by atoms with Crippen molar-refractivity contribution in [3.8, 4) is 5.75 Å². The van der Waals surface area contributed by atoms with Gasteiger partial charge in [0.25, 0.3) is 0 Å². The lowest BCUT2D eigenvalue weighted by Gasteiger charge is -2.09. The first-order valence-electron chi connectivity index (χ1n) is 3.49. The van der Waals surface area contributed by atoms with Crippen LogP contribution in [0.15, 0.2) is 12.1 Å². The number of carboxylic acids is 1. The van der Waals surface area contributed by atoms with Crippen LogP contribution in [-0.2, 0) is 9.59 Å². The Bertz CT molecular complexity index is 407. The molecule has 1 aromatic rings. The van der Waals surface area contributed by atoms with Gasteiger partial charge in [0, 0.05) is 3.57 Å². The topological polar surface area (TPSA) is 66.4 Å². The number of esters is 1. The largest absolute Gasteiger partial charge is 0.539 e. The lowest BCUT2D eigenvalue weighted by Crippen LogP contribution is -2.35. The van der Waals surface area contributed by atoms with Crippen molar-refractivity contribution in [2.75, 3.05) is 0 Å². The number of hydrogen-bond donors (Lipinski definition) is 0. The molecule has 0 aromatic heterocycles. The summed E-state index contributed by atoms with van der Waals surface area (Å²) in [6.07, 6.45) is 0. The standard InChI is InChI=1S/C8H3I3O4/c9-3-1-4(10)6(5(11)2-3)15-8(14)7(12)13/h1-2H,(H,12,13)/p-1. The van der Waals surface area contributed by atoms with Crippen LogP contribution in [-0.4, -0.2) is 11.9 Å². The molecule has 0 heterocycles. The zero-order valence-electron chi connectivity index (χ0n) is 6.92. The first-order valence-corrected chi connectivity index (χ1v) is 6.73. The molecule has 0 N–H and O–H groups in total. The number of aliphatic carboxylic acids is 1. The van der Waals surface area contributed by atoms with Crippen LogP contribution in [0.1, 0.15) is 0 Å². The molecular weight excluding hydrogens is 541 g/mol. The van der Waals surface area contributed by atoms with Crippen molar-refractivity contribution in [2.24, 2.45) is 0 Å². The van der Waals surface area contributed by atoms with E-state index in [-0.39, 0.29) is 5.75 Å². The fourth-order valence-electron chi connectivity index (χ4n) is 0.761. The van der Waals surface area contributed by atoms with Gasteiger partial charge in [0.15, 0.2) is 11.7 Å². The third kappa shape index (κ3) is 3.69. The van der Waals surface area contributed by atoms with E-state index >= 15 is 0 Å². The van der Waals surface area contributed by atoms with Gasteiger partial charge in [-0.2, -0.15) is 0 Å². The van der Waals surface area contributed by atoms with Gasteiger partial charge in [-0.3, -0.25) is 0 Å². The minimum atomic E-state index is -1.85. The predicted octanol–water partition coefficient (Wildman–Crippen LogP) is 1.16. The van der Waals surface area contributed by atoms with Gasteiger partial charge < -0.3 is 14.6 Å². The van der Waals surface area contributed by atoms with Gasteiger partial charge in [-0.25, -0.2) is 4.79 Å². The molecule has 80 valence electrons. The summed E-state index contributed by atoms with van der Waals surface area (Å²) in [4.78, 5) is 21.0. The molecule has 1 rings (SSSR count). The maximum absolute atomic E-state index is 10.8. The molecule has 0 saturated carbocycles. The van der Waals surface area contributed by atoms with E-state index in [9.17, 15) is 14.7 Å². The van der Waals surface area contributed by atoms with E-state index in [0.29, 0.717) is 7.14 Å². The molecule has 0 atom stereocenters. The summed E-state index contributed by atoms with van der Waals surface area (Å²) < 4.78 is 7.01. The van der Waals surface area contributed by atoms with Crippen LogP contribution in [0.25, 0.3) is 0 Å². The van der Waals surface area contributed by atoms with E-state index in [2.05, 4.69) is 27.3 Å². The number of carboxylic acid groups (broad SMARTS) is 1. The Kier molecular flexibility index (Phi) is 5.02. The lowest BCUT2D eigenvalue weighted by atomic mass is 10.3. The summed E-state index contributed by atoms with van der Waals surface area (Å²) in [5, 5.41) is 10.2. The quantitative estimate of drug-likeness (QED) is 0.231. The summed E-state index contributed by atoms with van der Waals surface area (Å²) >= 11 is 6.05. The Morgan fingerprint density at radius 1 is 1.13 bits per heavy atom. The SMILES string of the molecule is O=C([O-])C(=O)Oc1c(I)cc(I)cc1I. The van der Waals surface area contributed by atoms with Crippen molar-refractivity contribution in [1.29, 1.82) is 0 Å². The summed E-state index contributed by atoms with van der Waals surface area (Å²) in [5.74, 6) is -2.97. The zero-order chi connectivity index (χ0) is 11.6. The minimum Gasteiger partial charge on any atom is -0.539 e. The summed E-state index contributed by atoms with van der Waals surface area (Å²) in [7, 11) is 0. The van der Waals surface area contributed by atoms with Gasteiger partial charge in [-0.15, -0.1) is 0 Å². The number of benzene rings is 1. The Morgan fingerprint density at radius 2 is 1.60 bits per heavy atom. The van der Waals surface area contributed by atoms with Crippen LogP contribution in [0.4, 0.5) is 0 Å². The fraction of sp³-hybridized carbons (Fsp3) is 0. The Hall–Kier alpha value is 0.350. The van der Waals surface area contributed by atoms with Crippen molar-refractivity contribution in [3.05, 3.63) is 22.8 Å². The summed E-state index contributed by atoms with van der Waals surface area (Å²) in [6, 6.07) is 3.56. The van der Waals surface area contributed by atoms with Crippen molar-refractivity contribution in [2.45, 2.75) is 0 Å². The average Bonchev–Trinajstić information content (AvgIpc) is 2.10. The molecule has 0 aliphatic heterocycles. The monoisotopic (exact) mass is 543 g/mol. The molecule has 0 saturated heterocycles. The number of rotatable bonds is 1. The fourth-order valence-corrected chi connectivity index (χ4v) is 4.56. The molecule has 15 heavy (non-hydrogen) atoms. The molecule has 0 fully saturated rings. The van der Waals surface area contributed by atoms with Gasteiger partial charge in [-0.1, -0.05) is 0 Å². The second kappa shape index (κ2) is 5.61. The molecule has 7 heteroatoms. The molecule has 0 aliphatic carbocycles. The van der Waals surface area contributed by atoms with Crippen LogP contribution in [0.3, 0.4) is 0 Å². The molecule has 0 radical (unpaired) electrons. The Morgan fingerprint density at radius 3 is 2.00 bits per heavy atom. The molecule has 1 aromatic carbocycles. The van der Waals surface area contributed by atoms with Gasteiger partial charge in [0.05, 0.1) is 7.14 Å². The van der Waals surface area contributed by atoms with E-state index < -0.39 is 11.9 Å². The van der Waals surface area contributed by atoms with Gasteiger partial charge >= 0.3 is 5.97 Å². The van der Waals surface area contributed by atoms with Crippen LogP contribution in [0.5, 0.6) is 5.75 Å². The number of hydrogen-bond acceptors (Lipinski definition) is 4. The third-order valence-corrected chi connectivity index (χ3v) is 3.55. The number of carbonyl (C=O) groups is 2. The summed E-state index contributed by atoms with van der Waals surface area (Å²) in [5.41, 5.74) is 0. The van der Waals surface area contributed by atoms with E-state index in [4.69, 9.17) is 0 Å². The van der Waals surface area contributed by atoms with Crippen LogP contribution in [0.2, 0.25) is 0 Å². The maximum Gasteiger partial charge on any atom is 0.359 e. The first kappa shape index (κ1) is 13.4. The van der Waals surface area contributed by atoms with Gasteiger partial charge in [0.1, 0.15) is 0 Å². The minimum absolute atomic E-state index is 0.255. The number of halogens is 3. The first-order chi connectivity index (χ1) is 6.91. The van der Waals surface area contributed by atoms with E-state index in [1.807, 2.05) is 45.2 Å². The van der Waals surface area contributed by atoms with Crippen LogP contribution < -0.4 is 9.84 Å². The molecule has 4 nitrogen and oxygen atoms in total. The van der Waals surface area contributed by atoms with E-state index in [1.165, 1.54) is 0 Å². The Balaban J connectivity index is 3.05. The summed E-state index contributed by atoms with van der Waals surface area (Å²) in [6.45, 7) is 0. The molecule has 0 unspecified atom stereocenters. The molecule has 0 bridgehead atoms. The second-order valence-electron chi connectivity index (χ2n) is 2.38. The van der Waals surface area contributed by atoms with E-state index in [0.717, 1.165) is 3.57 Å². The van der Waals surface area contributed by atoms with Crippen molar-refractivity contribution in [3.63, 3.8) is 0 Å². The highest BCUT2D eigenvalue weighted by Crippen LogP contribution is 2.29. The van der Waals surface area contributed by atoms with Crippen molar-refractivity contribution in [1.82, 2.24) is 0 Å². The van der Waals surface area contributed by atoms with Crippen LogP contribution >= 0.6 is 67.8 Å². The normalized spacial score (nSPS) is 9.80. The molecule has 0 amide bonds. The van der Waals surface area contributed by atoms with Gasteiger partial charge in [0.2, 0.25) is 0 Å². The highest BCUT2D eigenvalue weighted by atomic mass is 127. The van der Waals surface area contributed by atoms with Crippen molar-refractivity contribution >= 4 is 79.7 Å². The molecule has 0 aliphatic rings. The average molecular weight is 543 g/mol. The number of carbonyl (C=O) groups excluding carboxylic acids is 2. The third-order valence-electron chi connectivity index (χ3n) is 1.32. The maximum atomic E-state index is 10.8. The van der Waals surface area contributed by atoms with Gasteiger partial charge in [-0.05, 0) is 79.9 Å². The lowest BCUT2D eigenvalue weighted by molar-refractivity contribution is -0.302. The smallest absolute Gasteiger partial charge is 0.359 e. The van der Waals surface area contributed by atoms with Crippen LogP contribution in [0, 0.1) is 10.7 Å². The second-order valence-corrected chi connectivity index (χ2v) is 5.95. The highest BCUT2D eigenvalue weighted by Gasteiger charge is 2.13. The molecular formula is C8H2I3O4-. The highest BCUT2D eigenvalue weighted by molar-refractivity contribution is 14.1. The molecule has 0 spiro atoms. The van der Waals surface area contributed by atoms with Crippen molar-refractivity contribution < 1.29 is 19.4 Å². The zero-order valence-corrected chi connectivity index (χ0v) is 13.4. The van der Waals surface area contributed by atoms with E-state index in [1.54, 1.807) is 12.1 Å². The predicted molar refractivity (Wildman–Crippen MR) is 75.2 cm³/mol. The Labute approximate surface area is 126 Å². The number of ether oxygens (including phenoxy) is 1.